The van der Waals surface area contributed by atoms with Crippen molar-refractivity contribution in [2.75, 3.05) is 19.0 Å². The van der Waals surface area contributed by atoms with E-state index >= 15 is 0 Å². The fourth-order valence-corrected chi connectivity index (χ4v) is 1.92. The molecule has 1 heterocycles. The van der Waals surface area contributed by atoms with Gasteiger partial charge in [0.15, 0.2) is 0 Å². The molecule has 0 saturated carbocycles. The molecule has 0 amide bonds. The van der Waals surface area contributed by atoms with Crippen molar-refractivity contribution in [3.63, 3.8) is 0 Å². The van der Waals surface area contributed by atoms with Gasteiger partial charge < -0.3 is 15.8 Å². The summed E-state index contributed by atoms with van der Waals surface area (Å²) >= 11 is 0. The topological polar surface area (TPSA) is 73.1 Å². The molecule has 96 valence electrons. The van der Waals surface area contributed by atoms with Crippen LogP contribution in [0.25, 0.3) is 0 Å². The number of anilines is 1. The molecule has 0 aliphatic heterocycles. The van der Waals surface area contributed by atoms with Crippen molar-refractivity contribution in [1.82, 2.24) is 9.97 Å². The lowest BCUT2D eigenvalue weighted by atomic mass is 9.91. The van der Waals surface area contributed by atoms with Gasteiger partial charge in [0.25, 0.3) is 0 Å². The summed E-state index contributed by atoms with van der Waals surface area (Å²) in [5.74, 6) is 1.86. The number of hydrogen-bond acceptors (Lipinski definition) is 5. The number of nitrogens with zero attached hydrogens (tertiary/aromatic N) is 2. The summed E-state index contributed by atoms with van der Waals surface area (Å²) in [5, 5.41) is 3.36. The molecule has 0 fully saturated rings. The Bertz CT molecular complexity index is 356. The van der Waals surface area contributed by atoms with Crippen molar-refractivity contribution in [1.29, 1.82) is 0 Å². The molecular weight excluding hydrogens is 216 g/mol. The fraction of sp³-hybridized carbons (Fsp3) is 0.667. The molecule has 5 nitrogen and oxygen atoms in total. The minimum absolute atomic E-state index is 0.159. The summed E-state index contributed by atoms with van der Waals surface area (Å²) in [6, 6.07) is 1.77. The first-order chi connectivity index (χ1) is 7.99. The first kappa shape index (κ1) is 13.7. The van der Waals surface area contributed by atoms with Gasteiger partial charge in [-0.15, -0.1) is 0 Å². The lowest BCUT2D eigenvalue weighted by Gasteiger charge is -2.31. The van der Waals surface area contributed by atoms with E-state index in [1.165, 1.54) is 6.33 Å². The maximum absolute atomic E-state index is 5.84. The minimum atomic E-state index is -0.159. The molecule has 0 spiro atoms. The Hall–Kier alpha value is -1.36. The highest BCUT2D eigenvalue weighted by Gasteiger charge is 2.24. The Labute approximate surface area is 103 Å². The van der Waals surface area contributed by atoms with E-state index < -0.39 is 0 Å². The largest absolute Gasteiger partial charge is 0.481 e. The third kappa shape index (κ3) is 4.19. The average molecular weight is 238 g/mol. The third-order valence-electron chi connectivity index (χ3n) is 2.59. The molecule has 1 aromatic rings. The SMILES string of the molecule is COc1cc(NC(C)(CN)CC(C)C)ncn1. The molecule has 3 N–H and O–H groups in total. The Balaban J connectivity index is 2.79. The van der Waals surface area contributed by atoms with Gasteiger partial charge in [-0.3, -0.25) is 0 Å². The monoisotopic (exact) mass is 238 g/mol. The molecule has 5 heteroatoms. The molecule has 1 aromatic heterocycles. The molecule has 1 rings (SSSR count). The van der Waals surface area contributed by atoms with Crippen LogP contribution in [-0.2, 0) is 0 Å². The molecule has 0 saturated heterocycles. The van der Waals surface area contributed by atoms with Crippen molar-refractivity contribution in [2.45, 2.75) is 32.7 Å². The number of nitrogens with two attached hydrogens (primary N) is 1. The second kappa shape index (κ2) is 5.82. The summed E-state index contributed by atoms with van der Waals surface area (Å²) in [4.78, 5) is 8.14. The highest BCUT2D eigenvalue weighted by atomic mass is 16.5. The summed E-state index contributed by atoms with van der Waals surface area (Å²) < 4.78 is 5.06. The van der Waals surface area contributed by atoms with Gasteiger partial charge in [-0.25, -0.2) is 9.97 Å². The smallest absolute Gasteiger partial charge is 0.218 e. The number of aromatic nitrogens is 2. The quantitative estimate of drug-likeness (QED) is 0.788. The van der Waals surface area contributed by atoms with Crippen molar-refractivity contribution >= 4 is 5.82 Å². The van der Waals surface area contributed by atoms with Gasteiger partial charge in [0.2, 0.25) is 5.88 Å². The highest BCUT2D eigenvalue weighted by molar-refractivity contribution is 5.40. The normalized spacial score (nSPS) is 14.5. The van der Waals surface area contributed by atoms with E-state index in [4.69, 9.17) is 10.5 Å². The lowest BCUT2D eigenvalue weighted by molar-refractivity contribution is 0.393. The van der Waals surface area contributed by atoms with Gasteiger partial charge in [0.1, 0.15) is 12.1 Å². The van der Waals surface area contributed by atoms with Crippen LogP contribution in [0.5, 0.6) is 5.88 Å². The maximum Gasteiger partial charge on any atom is 0.218 e. The zero-order chi connectivity index (χ0) is 12.9. The fourth-order valence-electron chi connectivity index (χ4n) is 1.92. The lowest BCUT2D eigenvalue weighted by Crippen LogP contribution is -2.43. The van der Waals surface area contributed by atoms with E-state index in [9.17, 15) is 0 Å². The van der Waals surface area contributed by atoms with Gasteiger partial charge in [-0.2, -0.15) is 0 Å². The summed E-state index contributed by atoms with van der Waals surface area (Å²) in [5.41, 5.74) is 5.68. The molecule has 1 atom stereocenters. The minimum Gasteiger partial charge on any atom is -0.481 e. The van der Waals surface area contributed by atoms with Crippen LogP contribution in [-0.4, -0.2) is 29.2 Å². The molecule has 0 radical (unpaired) electrons. The van der Waals surface area contributed by atoms with E-state index in [0.29, 0.717) is 18.3 Å². The number of methoxy groups -OCH3 is 1. The first-order valence-electron chi connectivity index (χ1n) is 5.83. The standard InChI is InChI=1S/C12H22N4O/c1-9(2)6-12(3,7-13)16-10-5-11(17-4)15-8-14-10/h5,8-9H,6-7,13H2,1-4H3,(H,14,15,16). The van der Waals surface area contributed by atoms with Crippen LogP contribution in [0.1, 0.15) is 27.2 Å². The Morgan fingerprint density at radius 3 is 2.71 bits per heavy atom. The molecule has 0 aliphatic rings. The maximum atomic E-state index is 5.84. The van der Waals surface area contributed by atoms with Crippen molar-refractivity contribution < 1.29 is 4.74 Å². The van der Waals surface area contributed by atoms with Gasteiger partial charge in [-0.05, 0) is 19.3 Å². The second-order valence-electron chi connectivity index (χ2n) is 4.93. The van der Waals surface area contributed by atoms with Gasteiger partial charge in [0.05, 0.1) is 7.11 Å². The van der Waals surface area contributed by atoms with E-state index in [0.717, 1.165) is 12.2 Å². The van der Waals surface area contributed by atoms with Gasteiger partial charge >= 0.3 is 0 Å². The summed E-state index contributed by atoms with van der Waals surface area (Å²) in [7, 11) is 1.59. The zero-order valence-electron chi connectivity index (χ0n) is 11.0. The van der Waals surface area contributed by atoms with Crippen molar-refractivity contribution in [2.24, 2.45) is 11.7 Å². The Morgan fingerprint density at radius 2 is 2.18 bits per heavy atom. The predicted molar refractivity (Wildman–Crippen MR) is 69.1 cm³/mol. The van der Waals surface area contributed by atoms with Crippen LogP contribution in [0.3, 0.4) is 0 Å². The second-order valence-corrected chi connectivity index (χ2v) is 4.93. The average Bonchev–Trinajstić information content (AvgIpc) is 2.28. The van der Waals surface area contributed by atoms with Crippen LogP contribution in [0.2, 0.25) is 0 Å². The van der Waals surface area contributed by atoms with Gasteiger partial charge in [0, 0.05) is 18.2 Å². The van der Waals surface area contributed by atoms with Crippen LogP contribution in [0.15, 0.2) is 12.4 Å². The number of rotatable bonds is 6. The van der Waals surface area contributed by atoms with Crippen molar-refractivity contribution in [3.8, 4) is 5.88 Å². The van der Waals surface area contributed by atoms with E-state index in [2.05, 4.69) is 36.1 Å². The number of ether oxygens (including phenoxy) is 1. The molecule has 0 aromatic carbocycles. The summed E-state index contributed by atoms with van der Waals surface area (Å²) in [6.45, 7) is 7.01. The van der Waals surface area contributed by atoms with Gasteiger partial charge in [-0.1, -0.05) is 13.8 Å². The van der Waals surface area contributed by atoms with E-state index in [1.54, 1.807) is 13.2 Å². The highest BCUT2D eigenvalue weighted by Crippen LogP contribution is 2.21. The molecule has 17 heavy (non-hydrogen) atoms. The Morgan fingerprint density at radius 1 is 1.47 bits per heavy atom. The molecule has 1 unspecified atom stereocenters. The van der Waals surface area contributed by atoms with E-state index in [-0.39, 0.29) is 5.54 Å². The Kier molecular flexibility index (Phi) is 4.69. The van der Waals surface area contributed by atoms with Crippen LogP contribution in [0.4, 0.5) is 5.82 Å². The van der Waals surface area contributed by atoms with Crippen LogP contribution < -0.4 is 15.8 Å². The summed E-state index contributed by atoms with van der Waals surface area (Å²) in [6.07, 6.45) is 2.46. The number of nitrogens with one attached hydrogen (secondary N) is 1. The van der Waals surface area contributed by atoms with Crippen molar-refractivity contribution in [3.05, 3.63) is 12.4 Å². The first-order valence-corrected chi connectivity index (χ1v) is 5.83. The number of hydrogen-bond donors (Lipinski definition) is 2. The third-order valence-corrected chi connectivity index (χ3v) is 2.59. The zero-order valence-corrected chi connectivity index (χ0v) is 11.0. The van der Waals surface area contributed by atoms with E-state index in [1.807, 2.05) is 0 Å². The molecule has 0 aliphatic carbocycles. The van der Waals surface area contributed by atoms with Crippen LogP contribution >= 0.6 is 0 Å². The predicted octanol–water partition coefficient (Wildman–Crippen LogP) is 1.66. The van der Waals surface area contributed by atoms with Crippen LogP contribution in [0, 0.1) is 5.92 Å². The molecular formula is C12H22N4O. The molecule has 0 bridgehead atoms.